The molecule has 0 aromatic heterocycles. The fourth-order valence-corrected chi connectivity index (χ4v) is 14.0. The minimum absolute atomic E-state index is 0.768. The first-order valence-corrected chi connectivity index (χ1v) is 31.4. The van der Waals surface area contributed by atoms with Crippen LogP contribution in [0.5, 0.6) is 0 Å². The summed E-state index contributed by atoms with van der Waals surface area (Å²) in [4.78, 5) is 2.42. The number of hydrogen-bond acceptors (Lipinski definition) is 2. The summed E-state index contributed by atoms with van der Waals surface area (Å²) in [6.07, 6.45) is 0. The molecule has 18 aromatic rings. The van der Waals surface area contributed by atoms with E-state index in [1.165, 1.54) is 136 Å². The summed E-state index contributed by atoms with van der Waals surface area (Å²) in [5.41, 5.74) is 17.1. The maximum Gasteiger partial charge on any atom is 0.0468 e. The van der Waals surface area contributed by atoms with Crippen molar-refractivity contribution in [2.24, 2.45) is 0 Å². The van der Waals surface area contributed by atoms with Gasteiger partial charge in [-0.25, -0.2) is 0 Å². The van der Waals surface area contributed by atoms with Crippen LogP contribution in [0.15, 0.2) is 346 Å². The quantitative estimate of drug-likeness (QED) is 0.133. The van der Waals surface area contributed by atoms with Crippen molar-refractivity contribution in [3.05, 3.63) is 351 Å². The Hall–Kier alpha value is -11.6. The Balaban J connectivity index is 0.000000148. The highest BCUT2D eigenvalue weighted by atomic mass is 35.5. The van der Waals surface area contributed by atoms with Gasteiger partial charge in [-0.1, -0.05) is 279 Å². The Labute approximate surface area is 533 Å². The van der Waals surface area contributed by atoms with Crippen molar-refractivity contribution in [2.75, 3.05) is 10.6 Å². The third-order valence-electron chi connectivity index (χ3n) is 18.0. The topological polar surface area (TPSA) is 29.3 Å². The van der Waals surface area contributed by atoms with Crippen LogP contribution in [0.4, 0.5) is 22.7 Å². The van der Waals surface area contributed by atoms with Crippen molar-refractivity contribution in [1.29, 1.82) is 0 Å². The van der Waals surface area contributed by atoms with E-state index in [1.807, 2.05) is 30.3 Å². The van der Waals surface area contributed by atoms with E-state index in [0.717, 1.165) is 33.3 Å². The second kappa shape index (κ2) is 23.5. The van der Waals surface area contributed by atoms with E-state index < -0.39 is 0 Å². The Kier molecular flexibility index (Phi) is 14.2. The van der Waals surface area contributed by atoms with Crippen LogP contribution in [0, 0.1) is 0 Å². The van der Waals surface area contributed by atoms with Crippen molar-refractivity contribution in [2.45, 2.75) is 0 Å². The van der Waals surface area contributed by atoms with Crippen LogP contribution in [-0.2, 0) is 0 Å². The minimum Gasteiger partial charge on any atom is -0.399 e. The highest BCUT2D eigenvalue weighted by Gasteiger charge is 2.19. The summed E-state index contributed by atoms with van der Waals surface area (Å²) in [5, 5.41) is 26.0. The zero-order valence-corrected chi connectivity index (χ0v) is 50.6. The average Bonchev–Trinajstić information content (AvgIpc) is 0.959. The molecule has 0 atom stereocenters. The number of rotatable bonds is 6. The molecule has 0 radical (unpaired) electrons. The largest absolute Gasteiger partial charge is 0.399 e. The first-order chi connectivity index (χ1) is 44.9. The summed E-state index contributed by atoms with van der Waals surface area (Å²) in [6, 6.07) is 124. The van der Waals surface area contributed by atoms with E-state index in [1.54, 1.807) is 0 Å². The summed E-state index contributed by atoms with van der Waals surface area (Å²) in [6.45, 7) is 0. The molecule has 0 spiro atoms. The van der Waals surface area contributed by atoms with E-state index in [4.69, 9.17) is 17.3 Å². The molecule has 3 heteroatoms. The van der Waals surface area contributed by atoms with Crippen LogP contribution in [0.2, 0.25) is 5.02 Å². The van der Waals surface area contributed by atoms with Crippen LogP contribution >= 0.6 is 11.6 Å². The summed E-state index contributed by atoms with van der Waals surface area (Å²) >= 11 is 6.16. The lowest BCUT2D eigenvalue weighted by molar-refractivity contribution is 1.29. The van der Waals surface area contributed by atoms with Crippen LogP contribution in [0.25, 0.3) is 141 Å². The second-order valence-electron chi connectivity index (χ2n) is 23.5. The average molecular weight is 1180 g/mol. The van der Waals surface area contributed by atoms with Gasteiger partial charge in [0.05, 0.1) is 0 Å². The van der Waals surface area contributed by atoms with Crippen molar-refractivity contribution in [1.82, 2.24) is 0 Å². The SMILES string of the molecule is Clc1cccc(-c2cc3ccccc3c3ccccc23)c1.Nc1ccc2c(ccc3ccccc32)c1.c1cc(-c2cc3ccccc3c3ccccc23)cc(N(c2cccc(-c3cc4ccccc4c4ccccc34)c2)c2ccc3c(ccc4ccccc43)c2)c1. The van der Waals surface area contributed by atoms with E-state index in [2.05, 4.69) is 320 Å². The fraction of sp³-hybridized carbons (Fsp3) is 0. The Morgan fingerprint density at radius 3 is 0.923 bits per heavy atom. The second-order valence-corrected chi connectivity index (χ2v) is 23.9. The van der Waals surface area contributed by atoms with Crippen LogP contribution < -0.4 is 10.6 Å². The number of fused-ring (bicyclic) bond motifs is 15. The monoisotopic (exact) mass is 1180 g/mol. The van der Waals surface area contributed by atoms with Crippen molar-refractivity contribution < 1.29 is 0 Å². The molecule has 0 bridgehead atoms. The van der Waals surface area contributed by atoms with Crippen molar-refractivity contribution in [3.63, 3.8) is 0 Å². The number of nitrogen functional groups attached to an aromatic ring is 1. The zero-order valence-electron chi connectivity index (χ0n) is 49.8. The maximum absolute atomic E-state index is 6.16. The molecule has 0 saturated heterocycles. The van der Waals surface area contributed by atoms with Gasteiger partial charge < -0.3 is 10.6 Å². The molecular formula is C88H59ClN2. The fourth-order valence-electron chi connectivity index (χ4n) is 13.8. The van der Waals surface area contributed by atoms with E-state index in [9.17, 15) is 0 Å². The molecule has 0 aliphatic carbocycles. The number of hydrogen-bond donors (Lipinski definition) is 1. The molecule has 2 N–H and O–H groups in total. The summed E-state index contributed by atoms with van der Waals surface area (Å²) < 4.78 is 0. The lowest BCUT2D eigenvalue weighted by atomic mass is 9.92. The third kappa shape index (κ3) is 10.4. The third-order valence-corrected chi connectivity index (χ3v) is 18.3. The first-order valence-electron chi connectivity index (χ1n) is 31.0. The predicted octanol–water partition coefficient (Wildman–Crippen LogP) is 25.3. The molecule has 18 aromatic carbocycles. The number of nitrogens with two attached hydrogens (primary N) is 1. The van der Waals surface area contributed by atoms with Gasteiger partial charge in [0.25, 0.3) is 0 Å². The van der Waals surface area contributed by atoms with Gasteiger partial charge in [0.15, 0.2) is 0 Å². The number of anilines is 4. The molecule has 0 aliphatic rings. The van der Waals surface area contributed by atoms with Gasteiger partial charge in [-0.05, 0) is 220 Å². The van der Waals surface area contributed by atoms with Crippen LogP contribution in [0.3, 0.4) is 0 Å². The lowest BCUT2D eigenvalue weighted by Gasteiger charge is -2.27. The van der Waals surface area contributed by atoms with E-state index >= 15 is 0 Å². The summed E-state index contributed by atoms with van der Waals surface area (Å²) in [5.74, 6) is 0. The molecule has 0 unspecified atom stereocenters. The number of halogens is 1. The molecule has 0 fully saturated rings. The van der Waals surface area contributed by atoms with Gasteiger partial charge in [0.2, 0.25) is 0 Å². The molecular weight excluding hydrogens is 1120 g/mol. The molecule has 18 rings (SSSR count). The molecule has 0 amide bonds. The molecule has 2 nitrogen and oxygen atoms in total. The smallest absolute Gasteiger partial charge is 0.0468 e. The standard InChI is InChI=1S/C54H35N.C20H13Cl.C14H11N/c1-4-20-45-36(13-1)27-28-41-33-44(29-30-48(41)45)55(42-18-11-16-37(31-42)53-34-39-14-2-5-21-46(39)49-23-7-9-25-51(49)53)43-19-12-17-38(32-43)54-35-40-15-3-6-22-47(40)50-24-8-10-26-52(50)54;21-16-8-5-7-14(12-16)20-13-15-6-1-2-9-17(15)18-10-3-4-11-19(18)20;15-12-7-8-14-11(9-12)6-5-10-3-1-2-4-13(10)14/h1-35H;1-13H;1-9H,15H2. The van der Waals surface area contributed by atoms with Gasteiger partial charge in [-0.3, -0.25) is 0 Å². The predicted molar refractivity (Wildman–Crippen MR) is 395 cm³/mol. The van der Waals surface area contributed by atoms with E-state index in [0.29, 0.717) is 0 Å². The van der Waals surface area contributed by atoms with Gasteiger partial charge in [0, 0.05) is 27.8 Å². The van der Waals surface area contributed by atoms with Gasteiger partial charge in [-0.15, -0.1) is 0 Å². The normalized spacial score (nSPS) is 11.4. The van der Waals surface area contributed by atoms with Crippen LogP contribution in [0.1, 0.15) is 0 Å². The molecule has 0 heterocycles. The van der Waals surface area contributed by atoms with Gasteiger partial charge in [-0.2, -0.15) is 0 Å². The number of benzene rings is 18. The molecule has 428 valence electrons. The Morgan fingerprint density at radius 2 is 0.495 bits per heavy atom. The molecule has 0 saturated carbocycles. The number of nitrogens with zero attached hydrogens (tertiary/aromatic N) is 1. The molecule has 0 aliphatic heterocycles. The minimum atomic E-state index is 0.768. The highest BCUT2D eigenvalue weighted by Crippen LogP contribution is 2.44. The maximum atomic E-state index is 6.16. The zero-order chi connectivity index (χ0) is 60.8. The Bertz CT molecular complexity index is 5680. The van der Waals surface area contributed by atoms with E-state index in [-0.39, 0.29) is 0 Å². The highest BCUT2D eigenvalue weighted by molar-refractivity contribution is 6.31. The molecule has 91 heavy (non-hydrogen) atoms. The Morgan fingerprint density at radius 1 is 0.198 bits per heavy atom. The first kappa shape index (κ1) is 54.8. The van der Waals surface area contributed by atoms with Crippen LogP contribution in [-0.4, -0.2) is 0 Å². The van der Waals surface area contributed by atoms with Gasteiger partial charge in [0.1, 0.15) is 0 Å². The summed E-state index contributed by atoms with van der Waals surface area (Å²) in [7, 11) is 0. The van der Waals surface area contributed by atoms with Gasteiger partial charge >= 0.3 is 0 Å². The van der Waals surface area contributed by atoms with Crippen molar-refractivity contribution >= 4 is 142 Å². The lowest BCUT2D eigenvalue weighted by Crippen LogP contribution is -2.10. The van der Waals surface area contributed by atoms with Crippen molar-refractivity contribution in [3.8, 4) is 33.4 Å².